The molecule has 186 valence electrons. The van der Waals surface area contributed by atoms with Crippen LogP contribution in [0.2, 0.25) is 5.02 Å². The predicted octanol–water partition coefficient (Wildman–Crippen LogP) is 7.31. The van der Waals surface area contributed by atoms with Gasteiger partial charge in [-0.1, -0.05) is 17.7 Å². The number of hydrogen-bond acceptors (Lipinski definition) is 6. The van der Waals surface area contributed by atoms with E-state index in [4.69, 9.17) is 11.6 Å². The number of anilines is 2. The fraction of sp³-hybridized carbons (Fsp3) is 0.158. The van der Waals surface area contributed by atoms with Gasteiger partial charge in [0.25, 0.3) is 11.4 Å². The average Bonchev–Trinajstić information content (AvgIpc) is 2.73. The zero-order valence-corrected chi connectivity index (χ0v) is 17.3. The number of benzene rings is 3. The Bertz CT molecular complexity index is 1330. The van der Waals surface area contributed by atoms with Crippen molar-refractivity contribution in [2.24, 2.45) is 0 Å². The van der Waals surface area contributed by atoms with Crippen molar-refractivity contribution in [2.45, 2.75) is 18.7 Å². The molecule has 0 radical (unpaired) electrons. The molecule has 3 rings (SSSR count). The van der Waals surface area contributed by atoms with Gasteiger partial charge in [-0.3, -0.25) is 20.2 Å². The van der Waals surface area contributed by atoms with Crippen molar-refractivity contribution in [2.75, 3.05) is 5.32 Å². The van der Waals surface area contributed by atoms with Crippen LogP contribution in [0.1, 0.15) is 5.56 Å². The van der Waals surface area contributed by atoms with Crippen molar-refractivity contribution in [1.29, 1.82) is 0 Å². The van der Waals surface area contributed by atoms with Gasteiger partial charge in [-0.15, -0.1) is 0 Å². The highest BCUT2D eigenvalue weighted by atomic mass is 35.5. The van der Waals surface area contributed by atoms with Crippen molar-refractivity contribution in [1.82, 2.24) is 0 Å². The van der Waals surface area contributed by atoms with Crippen molar-refractivity contribution >= 4 is 45.1 Å². The Morgan fingerprint density at radius 3 is 2.14 bits per heavy atom. The number of ether oxygens (including phenoxy) is 1. The lowest BCUT2D eigenvalue weighted by molar-refractivity contribution is -0.394. The minimum atomic E-state index is -5.39. The Balaban J connectivity index is 2.32. The van der Waals surface area contributed by atoms with E-state index in [-0.39, 0.29) is 27.9 Å². The van der Waals surface area contributed by atoms with Gasteiger partial charge in [0, 0.05) is 16.5 Å². The number of nitro benzene ring substituents is 2. The molecule has 0 fully saturated rings. The third-order valence-corrected chi connectivity index (χ3v) is 4.73. The van der Waals surface area contributed by atoms with Crippen LogP contribution < -0.4 is 10.1 Å². The monoisotopic (exact) mass is 527 g/mol. The van der Waals surface area contributed by atoms with Gasteiger partial charge < -0.3 is 10.1 Å². The van der Waals surface area contributed by atoms with Gasteiger partial charge in [0.05, 0.1) is 27.2 Å². The Morgan fingerprint density at radius 2 is 1.60 bits per heavy atom. The standard InChI is InChI=1S/C19H9ClF7N3O5/c20-9-2-3-11-8(5-9)1-4-13(16(11)35-19(26,27)17(21)22)28-15-12(18(23,24)25)6-10(29(31)32)7-14(15)30(33)34/h1-7,17,28H. The van der Waals surface area contributed by atoms with Gasteiger partial charge in [0.2, 0.25) is 0 Å². The van der Waals surface area contributed by atoms with E-state index in [1.54, 1.807) is 0 Å². The van der Waals surface area contributed by atoms with E-state index in [0.717, 1.165) is 24.3 Å². The molecule has 16 heteroatoms. The van der Waals surface area contributed by atoms with Gasteiger partial charge in [0.15, 0.2) is 5.75 Å². The second-order valence-electron chi connectivity index (χ2n) is 6.80. The van der Waals surface area contributed by atoms with E-state index in [0.29, 0.717) is 0 Å². The molecule has 0 heterocycles. The van der Waals surface area contributed by atoms with E-state index in [1.807, 2.05) is 5.32 Å². The normalized spacial score (nSPS) is 12.1. The molecule has 3 aromatic rings. The lowest BCUT2D eigenvalue weighted by atomic mass is 10.1. The number of nitrogens with zero attached hydrogens (tertiary/aromatic N) is 2. The lowest BCUT2D eigenvalue weighted by Crippen LogP contribution is -2.33. The summed E-state index contributed by atoms with van der Waals surface area (Å²) >= 11 is 5.81. The minimum absolute atomic E-state index is 0.00948. The Morgan fingerprint density at radius 1 is 0.943 bits per heavy atom. The van der Waals surface area contributed by atoms with Gasteiger partial charge >= 0.3 is 18.7 Å². The van der Waals surface area contributed by atoms with Crippen LogP contribution >= 0.6 is 11.6 Å². The highest BCUT2D eigenvalue weighted by Gasteiger charge is 2.45. The number of nitro groups is 2. The molecule has 0 aliphatic rings. The molecular formula is C19H9ClF7N3O5. The number of nitrogens with one attached hydrogen (secondary N) is 1. The summed E-state index contributed by atoms with van der Waals surface area (Å²) < 4.78 is 98.3. The second kappa shape index (κ2) is 9.05. The molecule has 1 N–H and O–H groups in total. The number of rotatable bonds is 7. The fourth-order valence-corrected chi connectivity index (χ4v) is 3.19. The molecule has 0 aromatic heterocycles. The van der Waals surface area contributed by atoms with Crippen LogP contribution in [0.15, 0.2) is 42.5 Å². The molecule has 0 aliphatic carbocycles. The Hall–Kier alpha value is -3.88. The van der Waals surface area contributed by atoms with E-state index in [1.165, 1.54) is 6.07 Å². The van der Waals surface area contributed by atoms with Crippen LogP contribution in [-0.4, -0.2) is 22.4 Å². The van der Waals surface area contributed by atoms with Gasteiger partial charge in [-0.25, -0.2) is 0 Å². The maximum absolute atomic E-state index is 13.8. The number of non-ortho nitro benzene ring substituents is 1. The van der Waals surface area contributed by atoms with Gasteiger partial charge in [-0.05, 0) is 29.7 Å². The summed E-state index contributed by atoms with van der Waals surface area (Å²) in [4.78, 5) is 19.7. The fourth-order valence-electron chi connectivity index (χ4n) is 3.01. The van der Waals surface area contributed by atoms with Crippen LogP contribution in [-0.2, 0) is 6.18 Å². The first-order valence-electron chi connectivity index (χ1n) is 9.00. The first kappa shape index (κ1) is 25.7. The molecule has 8 nitrogen and oxygen atoms in total. The number of halogens is 8. The van der Waals surface area contributed by atoms with Gasteiger partial charge in [-0.2, -0.15) is 30.7 Å². The summed E-state index contributed by atoms with van der Waals surface area (Å²) in [6.07, 6.45) is -14.9. The van der Waals surface area contributed by atoms with Gasteiger partial charge in [0.1, 0.15) is 5.69 Å². The zero-order chi connectivity index (χ0) is 26.3. The smallest absolute Gasteiger partial charge is 0.425 e. The molecule has 0 saturated heterocycles. The zero-order valence-electron chi connectivity index (χ0n) is 16.6. The van der Waals surface area contributed by atoms with Crippen LogP contribution in [0.5, 0.6) is 5.75 Å². The quantitative estimate of drug-likeness (QED) is 0.196. The molecule has 0 unspecified atom stereocenters. The second-order valence-corrected chi connectivity index (χ2v) is 7.23. The predicted molar refractivity (Wildman–Crippen MR) is 109 cm³/mol. The summed E-state index contributed by atoms with van der Waals surface area (Å²) in [6.45, 7) is 0. The van der Waals surface area contributed by atoms with Crippen LogP contribution in [0.3, 0.4) is 0 Å². The molecule has 0 aliphatic heterocycles. The Labute approximate surface area is 194 Å². The van der Waals surface area contributed by atoms with Crippen molar-refractivity contribution in [3.63, 3.8) is 0 Å². The third-order valence-electron chi connectivity index (χ3n) is 4.50. The number of alkyl halides is 7. The summed E-state index contributed by atoms with van der Waals surface area (Å²) in [6, 6.07) is 5.59. The molecule has 0 atom stereocenters. The van der Waals surface area contributed by atoms with Crippen LogP contribution in [0, 0.1) is 20.2 Å². The van der Waals surface area contributed by atoms with E-state index in [2.05, 4.69) is 4.74 Å². The number of hydrogen-bond donors (Lipinski definition) is 1. The third kappa shape index (κ3) is 5.29. The first-order chi connectivity index (χ1) is 16.1. The first-order valence-corrected chi connectivity index (χ1v) is 9.38. The highest BCUT2D eigenvalue weighted by Crippen LogP contribution is 2.47. The largest absolute Gasteiger partial charge is 0.461 e. The molecule has 3 aromatic carbocycles. The number of fused-ring (bicyclic) bond motifs is 1. The summed E-state index contributed by atoms with van der Waals surface area (Å²) in [5.41, 5.74) is -6.77. The topological polar surface area (TPSA) is 108 Å². The van der Waals surface area contributed by atoms with Crippen LogP contribution in [0.4, 0.5) is 53.5 Å². The molecule has 0 amide bonds. The maximum atomic E-state index is 13.8. The van der Waals surface area contributed by atoms with E-state index >= 15 is 0 Å². The van der Waals surface area contributed by atoms with E-state index < -0.39 is 62.6 Å². The molecule has 0 spiro atoms. The minimum Gasteiger partial charge on any atom is -0.425 e. The molecule has 0 saturated carbocycles. The lowest BCUT2D eigenvalue weighted by Gasteiger charge is -2.22. The van der Waals surface area contributed by atoms with E-state index in [9.17, 15) is 51.0 Å². The SMILES string of the molecule is O=[N+]([O-])c1cc([N+](=O)[O-])c(Nc2ccc3cc(Cl)ccc3c2OC(F)(F)C(F)F)c(C(F)(F)F)c1. The van der Waals surface area contributed by atoms with Crippen molar-refractivity contribution in [3.05, 3.63) is 73.3 Å². The summed E-state index contributed by atoms with van der Waals surface area (Å²) in [5, 5.41) is 24.2. The summed E-state index contributed by atoms with van der Waals surface area (Å²) in [7, 11) is 0. The van der Waals surface area contributed by atoms with Crippen LogP contribution in [0.25, 0.3) is 10.8 Å². The Kier molecular flexibility index (Phi) is 6.66. The van der Waals surface area contributed by atoms with Crippen molar-refractivity contribution < 1.29 is 45.3 Å². The molecular weight excluding hydrogens is 519 g/mol. The average molecular weight is 528 g/mol. The van der Waals surface area contributed by atoms with Crippen molar-refractivity contribution in [3.8, 4) is 5.75 Å². The molecule has 35 heavy (non-hydrogen) atoms. The highest BCUT2D eigenvalue weighted by molar-refractivity contribution is 6.31. The summed E-state index contributed by atoms with van der Waals surface area (Å²) in [5.74, 6) is -1.08. The maximum Gasteiger partial charge on any atom is 0.461 e. The molecule has 0 bridgehead atoms.